The summed E-state index contributed by atoms with van der Waals surface area (Å²) < 4.78 is 13.4. The predicted octanol–water partition coefficient (Wildman–Crippen LogP) is 4.76. The highest BCUT2D eigenvalue weighted by Gasteiger charge is 2.26. The number of aromatic nitrogens is 2. The molecule has 0 saturated heterocycles. The van der Waals surface area contributed by atoms with Crippen LogP contribution < -0.4 is 10.6 Å². The van der Waals surface area contributed by atoms with E-state index in [1.165, 1.54) is 18.4 Å². The van der Waals surface area contributed by atoms with Gasteiger partial charge in [-0.2, -0.15) is 4.98 Å². The van der Waals surface area contributed by atoms with E-state index in [-0.39, 0.29) is 5.28 Å². The molecule has 0 amide bonds. The average Bonchev–Trinajstić information content (AvgIpc) is 3.26. The number of hydrogen-bond acceptors (Lipinski definition) is 4. The maximum Gasteiger partial charge on any atom is 0.224 e. The van der Waals surface area contributed by atoms with Crippen molar-refractivity contribution in [1.82, 2.24) is 9.97 Å². The molecule has 3 rings (SSSR count). The third kappa shape index (κ3) is 3.53. The summed E-state index contributed by atoms with van der Waals surface area (Å²) in [7, 11) is -2.41. The summed E-state index contributed by atoms with van der Waals surface area (Å²) in [6.07, 6.45) is 4.03. The van der Waals surface area contributed by atoms with Crippen molar-refractivity contribution in [1.29, 1.82) is 0 Å². The summed E-state index contributed by atoms with van der Waals surface area (Å²) in [5.74, 6) is 1.19. The molecule has 0 radical (unpaired) electrons. The van der Waals surface area contributed by atoms with Crippen LogP contribution in [0.5, 0.6) is 0 Å². The van der Waals surface area contributed by atoms with Gasteiger partial charge in [-0.25, -0.2) is 4.98 Å². The minimum atomic E-state index is -2.41. The lowest BCUT2D eigenvalue weighted by molar-refractivity contribution is 0.588. The number of nitrogens with one attached hydrogen (secondary N) is 1. The largest absolute Gasteiger partial charge is 0.339 e. The zero-order valence-corrected chi connectivity index (χ0v) is 15.5. The second-order valence-electron chi connectivity index (χ2n) is 5.86. The number of hydrogen-bond donors (Lipinski definition) is 1. The quantitative estimate of drug-likeness (QED) is 0.594. The van der Waals surface area contributed by atoms with E-state index in [0.717, 1.165) is 11.0 Å². The van der Waals surface area contributed by atoms with E-state index in [0.29, 0.717) is 16.2 Å². The molecule has 0 aliphatic heterocycles. The second kappa shape index (κ2) is 5.95. The SMILES string of the molecule is CP(C)(=O)c1cc(C2CC2)ccc1Nc1nc(Cl)ncc1Br. The Morgan fingerprint density at radius 1 is 1.36 bits per heavy atom. The van der Waals surface area contributed by atoms with Gasteiger partial charge in [-0.15, -0.1) is 0 Å². The molecule has 1 aromatic heterocycles. The normalized spacial score (nSPS) is 14.9. The molecule has 1 aliphatic carbocycles. The molecule has 1 N–H and O–H groups in total. The van der Waals surface area contributed by atoms with Gasteiger partial charge in [0, 0.05) is 11.5 Å². The molecule has 0 spiro atoms. The molecule has 7 heteroatoms. The van der Waals surface area contributed by atoms with Gasteiger partial charge in [-0.3, -0.25) is 0 Å². The lowest BCUT2D eigenvalue weighted by atomic mass is 10.1. The van der Waals surface area contributed by atoms with Gasteiger partial charge in [-0.05, 0) is 77.3 Å². The average molecular weight is 401 g/mol. The van der Waals surface area contributed by atoms with Gasteiger partial charge in [0.15, 0.2) is 0 Å². The highest BCUT2D eigenvalue weighted by atomic mass is 79.9. The lowest BCUT2D eigenvalue weighted by Gasteiger charge is -2.17. The van der Waals surface area contributed by atoms with E-state index < -0.39 is 7.14 Å². The van der Waals surface area contributed by atoms with Crippen LogP contribution in [0.1, 0.15) is 24.3 Å². The van der Waals surface area contributed by atoms with E-state index in [2.05, 4.69) is 43.3 Å². The molecule has 2 aromatic rings. The number of benzene rings is 1. The first kappa shape index (κ1) is 16.0. The molecule has 0 unspecified atom stereocenters. The van der Waals surface area contributed by atoms with Crippen LogP contribution in [-0.2, 0) is 4.57 Å². The Morgan fingerprint density at radius 3 is 2.73 bits per heavy atom. The van der Waals surface area contributed by atoms with Crippen molar-refractivity contribution in [2.45, 2.75) is 18.8 Å². The molecule has 22 heavy (non-hydrogen) atoms. The third-order valence-electron chi connectivity index (χ3n) is 3.62. The summed E-state index contributed by atoms with van der Waals surface area (Å²) in [4.78, 5) is 8.08. The first-order valence-electron chi connectivity index (χ1n) is 6.99. The van der Waals surface area contributed by atoms with E-state index in [1.807, 2.05) is 6.07 Å². The van der Waals surface area contributed by atoms with Crippen molar-refractivity contribution in [2.24, 2.45) is 0 Å². The van der Waals surface area contributed by atoms with E-state index >= 15 is 0 Å². The Labute approximate surface area is 143 Å². The molecule has 1 aliphatic rings. The number of rotatable bonds is 4. The maximum absolute atomic E-state index is 12.7. The van der Waals surface area contributed by atoms with E-state index in [9.17, 15) is 4.57 Å². The Hall–Kier alpha value is -0.900. The van der Waals surface area contributed by atoms with Crippen molar-refractivity contribution in [3.05, 3.63) is 39.7 Å². The molecule has 1 heterocycles. The maximum atomic E-state index is 12.7. The molecular weight excluding hydrogens is 385 g/mol. The molecule has 1 saturated carbocycles. The third-order valence-corrected chi connectivity index (χ3v) is 5.91. The predicted molar refractivity (Wildman–Crippen MR) is 95.5 cm³/mol. The van der Waals surface area contributed by atoms with Gasteiger partial charge in [0.05, 0.1) is 10.2 Å². The lowest BCUT2D eigenvalue weighted by Crippen LogP contribution is -2.12. The van der Waals surface area contributed by atoms with Crippen LogP contribution in [0.25, 0.3) is 0 Å². The summed E-state index contributed by atoms with van der Waals surface area (Å²) in [5.41, 5.74) is 2.07. The molecule has 0 bridgehead atoms. The highest BCUT2D eigenvalue weighted by Crippen LogP contribution is 2.44. The van der Waals surface area contributed by atoms with Crippen molar-refractivity contribution < 1.29 is 4.57 Å². The van der Waals surface area contributed by atoms with Gasteiger partial charge in [0.1, 0.15) is 13.0 Å². The smallest absolute Gasteiger partial charge is 0.224 e. The molecular formula is C15H16BrClN3OP. The second-order valence-corrected chi connectivity index (χ2v) is 10.2. The summed E-state index contributed by atoms with van der Waals surface area (Å²) in [6.45, 7) is 3.57. The van der Waals surface area contributed by atoms with Crippen LogP contribution in [0.2, 0.25) is 5.28 Å². The Morgan fingerprint density at radius 2 is 2.09 bits per heavy atom. The van der Waals surface area contributed by atoms with Crippen LogP contribution in [0, 0.1) is 0 Å². The zero-order valence-electron chi connectivity index (χ0n) is 12.3. The monoisotopic (exact) mass is 399 g/mol. The zero-order chi connectivity index (χ0) is 15.9. The van der Waals surface area contributed by atoms with Gasteiger partial charge in [-0.1, -0.05) is 6.07 Å². The summed E-state index contributed by atoms with van der Waals surface area (Å²) >= 11 is 9.25. The Kier molecular flexibility index (Phi) is 4.32. The van der Waals surface area contributed by atoms with Gasteiger partial charge in [0.2, 0.25) is 5.28 Å². The fourth-order valence-electron chi connectivity index (χ4n) is 2.33. The molecule has 0 atom stereocenters. The molecule has 1 fully saturated rings. The molecule has 4 nitrogen and oxygen atoms in total. The van der Waals surface area contributed by atoms with E-state index in [1.54, 1.807) is 19.5 Å². The van der Waals surface area contributed by atoms with Crippen LogP contribution in [0.3, 0.4) is 0 Å². The van der Waals surface area contributed by atoms with Crippen molar-refractivity contribution in [3.8, 4) is 0 Å². The molecule has 1 aromatic carbocycles. The van der Waals surface area contributed by atoms with Crippen molar-refractivity contribution >= 4 is 51.5 Å². The standard InChI is InChI=1S/C15H16BrClN3OP/c1-22(2,21)13-7-10(9-3-4-9)5-6-12(13)19-14-11(16)8-18-15(17)20-14/h5-9H,3-4H2,1-2H3,(H,18,19,20). The summed E-state index contributed by atoms with van der Waals surface area (Å²) in [5, 5.41) is 4.23. The minimum Gasteiger partial charge on any atom is -0.339 e. The topological polar surface area (TPSA) is 54.9 Å². The fourth-order valence-corrected chi connectivity index (χ4v) is 3.93. The molecule has 116 valence electrons. The number of anilines is 2. The van der Waals surface area contributed by atoms with Crippen molar-refractivity contribution in [2.75, 3.05) is 18.6 Å². The van der Waals surface area contributed by atoms with Crippen LogP contribution in [-0.4, -0.2) is 23.3 Å². The van der Waals surface area contributed by atoms with Crippen LogP contribution in [0.15, 0.2) is 28.9 Å². The number of nitrogens with zero attached hydrogens (tertiary/aromatic N) is 2. The van der Waals surface area contributed by atoms with Crippen molar-refractivity contribution in [3.63, 3.8) is 0 Å². The first-order valence-corrected chi connectivity index (χ1v) is 10.8. The van der Waals surface area contributed by atoms with Gasteiger partial charge in [0.25, 0.3) is 0 Å². The highest BCUT2D eigenvalue weighted by molar-refractivity contribution is 9.10. The van der Waals surface area contributed by atoms with Gasteiger partial charge >= 0.3 is 0 Å². The summed E-state index contributed by atoms with van der Waals surface area (Å²) in [6, 6.07) is 6.14. The van der Waals surface area contributed by atoms with Gasteiger partial charge < -0.3 is 9.88 Å². The van der Waals surface area contributed by atoms with Crippen LogP contribution >= 0.6 is 34.7 Å². The number of halogens is 2. The minimum absolute atomic E-state index is 0.165. The van der Waals surface area contributed by atoms with E-state index in [4.69, 9.17) is 11.6 Å². The Balaban J connectivity index is 2.02. The van der Waals surface area contributed by atoms with Crippen LogP contribution in [0.4, 0.5) is 11.5 Å². The fraction of sp³-hybridized carbons (Fsp3) is 0.333. The Bertz CT molecular complexity index is 773. The first-order chi connectivity index (χ1) is 10.3.